The van der Waals surface area contributed by atoms with Crippen LogP contribution in [-0.2, 0) is 0 Å². The second-order valence-corrected chi connectivity index (χ2v) is 7.22. The van der Waals surface area contributed by atoms with Crippen molar-refractivity contribution in [3.63, 3.8) is 0 Å². The first-order valence-corrected chi connectivity index (χ1v) is 8.29. The summed E-state index contributed by atoms with van der Waals surface area (Å²) in [5.74, 6) is 1.42. The Hall–Kier alpha value is -0.900. The van der Waals surface area contributed by atoms with Gasteiger partial charge in [-0.25, -0.2) is 0 Å². The molecule has 3 rings (SSSR count). The van der Waals surface area contributed by atoms with Crippen LogP contribution in [0.25, 0.3) is 0 Å². The fourth-order valence-electron chi connectivity index (χ4n) is 4.28. The van der Waals surface area contributed by atoms with Gasteiger partial charge in [-0.05, 0) is 56.4 Å². The van der Waals surface area contributed by atoms with Gasteiger partial charge >= 0.3 is 0 Å². The van der Waals surface area contributed by atoms with Crippen molar-refractivity contribution in [2.24, 2.45) is 11.7 Å². The molecule has 21 heavy (non-hydrogen) atoms. The monoisotopic (exact) mass is 287 g/mol. The molecule has 2 aliphatic rings. The van der Waals surface area contributed by atoms with Crippen LogP contribution in [0.3, 0.4) is 0 Å². The third-order valence-electron chi connectivity index (χ3n) is 5.50. The molecule has 0 aromatic heterocycles. The summed E-state index contributed by atoms with van der Waals surface area (Å²) < 4.78 is 0. The molecular formula is C18H29N3. The molecule has 3 heteroatoms. The summed E-state index contributed by atoms with van der Waals surface area (Å²) in [6.07, 6.45) is 2.51. The van der Waals surface area contributed by atoms with Crippen molar-refractivity contribution >= 4 is 0 Å². The largest absolute Gasteiger partial charge is 0.323 e. The van der Waals surface area contributed by atoms with E-state index in [0.29, 0.717) is 12.0 Å². The molecule has 4 unspecified atom stereocenters. The maximum atomic E-state index is 6.60. The zero-order valence-electron chi connectivity index (χ0n) is 13.6. The predicted molar refractivity (Wildman–Crippen MR) is 88.4 cm³/mol. The van der Waals surface area contributed by atoms with E-state index >= 15 is 0 Å². The molecule has 3 nitrogen and oxygen atoms in total. The lowest BCUT2D eigenvalue weighted by molar-refractivity contribution is 0.158. The molecule has 1 saturated heterocycles. The van der Waals surface area contributed by atoms with Crippen LogP contribution in [0.1, 0.15) is 42.9 Å². The average molecular weight is 287 g/mol. The number of likely N-dealkylation sites (N-methyl/N-ethyl adjacent to an activating group) is 1. The van der Waals surface area contributed by atoms with Crippen molar-refractivity contribution in [2.45, 2.75) is 37.8 Å². The van der Waals surface area contributed by atoms with Gasteiger partial charge in [0.1, 0.15) is 0 Å². The molecule has 1 heterocycles. The van der Waals surface area contributed by atoms with Gasteiger partial charge in [0.05, 0.1) is 0 Å². The molecule has 0 saturated carbocycles. The van der Waals surface area contributed by atoms with Gasteiger partial charge < -0.3 is 15.5 Å². The predicted octanol–water partition coefficient (Wildman–Crippen LogP) is 2.45. The minimum Gasteiger partial charge on any atom is -0.323 e. The number of fused-ring (bicyclic) bond motifs is 1. The maximum Gasteiger partial charge on any atom is 0.0456 e. The van der Waals surface area contributed by atoms with Gasteiger partial charge in [-0.2, -0.15) is 0 Å². The molecule has 116 valence electrons. The highest BCUT2D eigenvalue weighted by Crippen LogP contribution is 2.38. The Morgan fingerprint density at radius 2 is 2.00 bits per heavy atom. The highest BCUT2D eigenvalue weighted by molar-refractivity contribution is 5.36. The lowest BCUT2D eigenvalue weighted by Crippen LogP contribution is -2.46. The summed E-state index contributed by atoms with van der Waals surface area (Å²) in [6.45, 7) is 6.00. The normalized spacial score (nSPS) is 33.4. The van der Waals surface area contributed by atoms with E-state index < -0.39 is 0 Å². The second-order valence-electron chi connectivity index (χ2n) is 7.22. The molecule has 1 aromatic rings. The molecule has 2 N–H and O–H groups in total. The number of hydrogen-bond acceptors (Lipinski definition) is 3. The quantitative estimate of drug-likeness (QED) is 0.927. The van der Waals surface area contributed by atoms with Gasteiger partial charge in [0.25, 0.3) is 0 Å². The number of nitrogens with two attached hydrogens (primary N) is 1. The minimum atomic E-state index is 0.154. The number of nitrogens with zero attached hydrogens (tertiary/aromatic N) is 2. The van der Waals surface area contributed by atoms with Crippen molar-refractivity contribution in [3.8, 4) is 0 Å². The van der Waals surface area contributed by atoms with Crippen molar-refractivity contribution in [3.05, 3.63) is 35.4 Å². The summed E-state index contributed by atoms with van der Waals surface area (Å²) in [7, 11) is 4.49. The first-order valence-electron chi connectivity index (χ1n) is 8.29. The molecule has 4 atom stereocenters. The number of hydrogen-bond donors (Lipinski definition) is 1. The lowest BCUT2D eigenvalue weighted by atomic mass is 9.77. The summed E-state index contributed by atoms with van der Waals surface area (Å²) in [5.41, 5.74) is 9.42. The lowest BCUT2D eigenvalue weighted by Gasteiger charge is -2.41. The number of likely N-dealkylation sites (tertiary alicyclic amines) is 1. The molecule has 1 fully saturated rings. The SMILES string of the molecule is CC1CC(N(C)CC2CCN(C)C2)C(N)c2ccccc21. The Morgan fingerprint density at radius 3 is 2.67 bits per heavy atom. The van der Waals surface area contributed by atoms with Crippen LogP contribution in [-0.4, -0.2) is 49.6 Å². The van der Waals surface area contributed by atoms with E-state index in [1.54, 1.807) is 0 Å². The van der Waals surface area contributed by atoms with E-state index in [1.165, 1.54) is 43.6 Å². The Kier molecular flexibility index (Phi) is 4.34. The summed E-state index contributed by atoms with van der Waals surface area (Å²) in [4.78, 5) is 4.97. The van der Waals surface area contributed by atoms with Gasteiger partial charge in [0, 0.05) is 25.2 Å². The number of benzene rings is 1. The van der Waals surface area contributed by atoms with Crippen molar-refractivity contribution < 1.29 is 0 Å². The highest BCUT2D eigenvalue weighted by Gasteiger charge is 2.34. The van der Waals surface area contributed by atoms with E-state index in [1.807, 2.05) is 0 Å². The van der Waals surface area contributed by atoms with Crippen LogP contribution in [0.2, 0.25) is 0 Å². The van der Waals surface area contributed by atoms with Crippen LogP contribution in [0.15, 0.2) is 24.3 Å². The second kappa shape index (κ2) is 6.07. The van der Waals surface area contributed by atoms with Gasteiger partial charge in [-0.15, -0.1) is 0 Å². The van der Waals surface area contributed by atoms with Crippen LogP contribution in [0, 0.1) is 5.92 Å². The molecule has 0 amide bonds. The molecule has 0 spiro atoms. The van der Waals surface area contributed by atoms with E-state index in [0.717, 1.165) is 5.92 Å². The Bertz CT molecular complexity index is 487. The van der Waals surface area contributed by atoms with Gasteiger partial charge in [-0.3, -0.25) is 0 Å². The van der Waals surface area contributed by atoms with Crippen LogP contribution in [0.4, 0.5) is 0 Å². The van der Waals surface area contributed by atoms with Crippen LogP contribution in [0.5, 0.6) is 0 Å². The summed E-state index contributed by atoms with van der Waals surface area (Å²) >= 11 is 0. The van der Waals surface area contributed by atoms with Crippen LogP contribution < -0.4 is 5.73 Å². The molecule has 0 bridgehead atoms. The van der Waals surface area contributed by atoms with Gasteiger partial charge in [0.15, 0.2) is 0 Å². The molecular weight excluding hydrogens is 258 g/mol. The van der Waals surface area contributed by atoms with Crippen molar-refractivity contribution in [2.75, 3.05) is 33.7 Å². The van der Waals surface area contributed by atoms with Gasteiger partial charge in [-0.1, -0.05) is 31.2 Å². The van der Waals surface area contributed by atoms with E-state index in [9.17, 15) is 0 Å². The highest BCUT2D eigenvalue weighted by atomic mass is 15.2. The Morgan fingerprint density at radius 1 is 1.29 bits per heavy atom. The Labute approximate surface area is 129 Å². The fraction of sp³-hybridized carbons (Fsp3) is 0.667. The number of rotatable bonds is 3. The summed E-state index contributed by atoms with van der Waals surface area (Å²) in [5, 5.41) is 0. The third-order valence-corrected chi connectivity index (χ3v) is 5.50. The fourth-order valence-corrected chi connectivity index (χ4v) is 4.28. The summed E-state index contributed by atoms with van der Waals surface area (Å²) in [6, 6.07) is 9.37. The van der Waals surface area contributed by atoms with E-state index in [4.69, 9.17) is 5.73 Å². The van der Waals surface area contributed by atoms with E-state index in [2.05, 4.69) is 55.1 Å². The topological polar surface area (TPSA) is 32.5 Å². The molecule has 1 aliphatic heterocycles. The first kappa shape index (κ1) is 15.0. The maximum absolute atomic E-state index is 6.60. The van der Waals surface area contributed by atoms with E-state index in [-0.39, 0.29) is 6.04 Å². The molecule has 1 aromatic carbocycles. The average Bonchev–Trinajstić information content (AvgIpc) is 2.88. The minimum absolute atomic E-state index is 0.154. The molecule has 1 aliphatic carbocycles. The van der Waals surface area contributed by atoms with Crippen LogP contribution >= 0.6 is 0 Å². The Balaban J connectivity index is 1.71. The zero-order chi connectivity index (χ0) is 15.0. The van der Waals surface area contributed by atoms with Crippen molar-refractivity contribution in [1.82, 2.24) is 9.80 Å². The van der Waals surface area contributed by atoms with Gasteiger partial charge in [0.2, 0.25) is 0 Å². The standard InChI is InChI=1S/C18H29N3/c1-13-10-17(18(19)16-7-5-4-6-15(13)16)21(3)12-14-8-9-20(2)11-14/h4-7,13-14,17-18H,8-12,19H2,1-3H3. The molecule has 0 radical (unpaired) electrons. The van der Waals surface area contributed by atoms with Crippen molar-refractivity contribution in [1.29, 1.82) is 0 Å². The zero-order valence-corrected chi connectivity index (χ0v) is 13.6. The third kappa shape index (κ3) is 3.01. The first-order chi connectivity index (χ1) is 10.1. The smallest absolute Gasteiger partial charge is 0.0456 e.